The topological polar surface area (TPSA) is 132 Å². The van der Waals surface area contributed by atoms with Gasteiger partial charge in [0.05, 0.1) is 40.7 Å². The molecule has 0 aromatic heterocycles. The molecule has 0 radical (unpaired) electrons. The molecule has 0 aliphatic rings. The van der Waals surface area contributed by atoms with E-state index in [-0.39, 0.29) is 11.3 Å². The van der Waals surface area contributed by atoms with Crippen molar-refractivity contribution in [2.75, 3.05) is 18.0 Å². The lowest BCUT2D eigenvalue weighted by Gasteiger charge is -2.28. The molecule has 9 nitrogen and oxygen atoms in total. The van der Waals surface area contributed by atoms with Crippen LogP contribution in [0.25, 0.3) is 0 Å². The molecular weight excluding hydrogens is 388 g/mol. The summed E-state index contributed by atoms with van der Waals surface area (Å²) in [7, 11) is 0. The van der Waals surface area contributed by atoms with Crippen LogP contribution >= 0.6 is 0 Å². The van der Waals surface area contributed by atoms with Crippen molar-refractivity contribution in [1.29, 1.82) is 0 Å². The van der Waals surface area contributed by atoms with Crippen LogP contribution in [0.1, 0.15) is 30.5 Å². The number of azo groups is 1. The second-order valence-electron chi connectivity index (χ2n) is 7.40. The van der Waals surface area contributed by atoms with E-state index in [0.29, 0.717) is 30.0 Å². The molecule has 2 atom stereocenters. The van der Waals surface area contributed by atoms with Gasteiger partial charge < -0.3 is 20.2 Å². The van der Waals surface area contributed by atoms with Crippen molar-refractivity contribution in [2.45, 2.75) is 46.5 Å². The number of anilines is 1. The Hall–Kier alpha value is -2.88. The third-order valence-corrected chi connectivity index (χ3v) is 4.68. The Bertz CT molecular complexity index is 918. The average Bonchev–Trinajstić information content (AvgIpc) is 2.66. The molecule has 0 spiro atoms. The third kappa shape index (κ3) is 5.82. The number of aryl methyl sites for hydroxylation is 1. The first kappa shape index (κ1) is 23.4. The monoisotopic (exact) mass is 416 g/mol. The summed E-state index contributed by atoms with van der Waals surface area (Å²) in [6, 6.07) is 8.35. The molecule has 30 heavy (non-hydrogen) atoms. The van der Waals surface area contributed by atoms with Crippen LogP contribution < -0.4 is 4.90 Å². The zero-order valence-corrected chi connectivity index (χ0v) is 17.6. The van der Waals surface area contributed by atoms with E-state index in [9.17, 15) is 25.4 Å². The molecule has 0 bridgehead atoms. The molecule has 2 aromatic carbocycles. The van der Waals surface area contributed by atoms with Gasteiger partial charge in [-0.3, -0.25) is 10.1 Å². The molecule has 3 N–H and O–H groups in total. The molecule has 0 aliphatic carbocycles. The van der Waals surface area contributed by atoms with Crippen molar-refractivity contribution >= 4 is 22.7 Å². The minimum absolute atomic E-state index is 0.147. The zero-order chi connectivity index (χ0) is 22.4. The standard InChI is InChI=1S/C21H28N4O5/c1-13-9-17(24(10-14(2)27)11-15(3)28)5-6-19(13)22-23-20-7-8-21(25(29)30)18(12-26)16(20)4/h5-9,14-15,26-28H,10-12H2,1-4H3. The van der Waals surface area contributed by atoms with Gasteiger partial charge in [0.25, 0.3) is 5.69 Å². The summed E-state index contributed by atoms with van der Waals surface area (Å²) >= 11 is 0. The van der Waals surface area contributed by atoms with Crippen molar-refractivity contribution in [3.63, 3.8) is 0 Å². The van der Waals surface area contributed by atoms with E-state index >= 15 is 0 Å². The van der Waals surface area contributed by atoms with Crippen LogP contribution in [0, 0.1) is 24.0 Å². The van der Waals surface area contributed by atoms with Crippen LogP contribution in [-0.4, -0.2) is 45.5 Å². The van der Waals surface area contributed by atoms with Gasteiger partial charge in [0.2, 0.25) is 0 Å². The minimum Gasteiger partial charge on any atom is -0.392 e. The number of hydrogen-bond donors (Lipinski definition) is 3. The van der Waals surface area contributed by atoms with Crippen molar-refractivity contribution in [3.05, 3.63) is 57.1 Å². The largest absolute Gasteiger partial charge is 0.392 e. The Kier molecular flexibility index (Phi) is 7.99. The van der Waals surface area contributed by atoms with Crippen LogP contribution in [0.5, 0.6) is 0 Å². The summed E-state index contributed by atoms with van der Waals surface area (Å²) in [5.74, 6) is 0. The Morgan fingerprint density at radius 1 is 1.03 bits per heavy atom. The second-order valence-corrected chi connectivity index (χ2v) is 7.40. The number of aliphatic hydroxyl groups excluding tert-OH is 3. The maximum atomic E-state index is 11.1. The first-order chi connectivity index (χ1) is 14.1. The fourth-order valence-corrected chi connectivity index (χ4v) is 3.19. The molecule has 2 unspecified atom stereocenters. The van der Waals surface area contributed by atoms with Gasteiger partial charge in [-0.15, -0.1) is 0 Å². The van der Waals surface area contributed by atoms with E-state index in [1.54, 1.807) is 26.8 Å². The molecule has 0 heterocycles. The molecule has 2 aromatic rings. The molecule has 0 saturated heterocycles. The Morgan fingerprint density at radius 2 is 1.60 bits per heavy atom. The molecule has 2 rings (SSSR count). The van der Waals surface area contributed by atoms with E-state index in [2.05, 4.69) is 10.2 Å². The number of aliphatic hydroxyl groups is 3. The predicted molar refractivity (Wildman–Crippen MR) is 115 cm³/mol. The van der Waals surface area contributed by atoms with E-state index in [4.69, 9.17) is 0 Å². The summed E-state index contributed by atoms with van der Waals surface area (Å²) in [4.78, 5) is 12.5. The number of hydrogen-bond acceptors (Lipinski definition) is 8. The van der Waals surface area contributed by atoms with Crippen molar-refractivity contribution < 1.29 is 20.2 Å². The van der Waals surface area contributed by atoms with Crippen LogP contribution in [0.15, 0.2) is 40.6 Å². The van der Waals surface area contributed by atoms with Crippen molar-refractivity contribution in [2.24, 2.45) is 10.2 Å². The first-order valence-electron chi connectivity index (χ1n) is 9.65. The second kappa shape index (κ2) is 10.2. The van der Waals surface area contributed by atoms with Crippen molar-refractivity contribution in [1.82, 2.24) is 0 Å². The SMILES string of the molecule is Cc1cc(N(CC(C)O)CC(C)O)ccc1N=Nc1ccc([N+](=O)[O-])c(CO)c1C. The number of benzene rings is 2. The highest BCUT2D eigenvalue weighted by Gasteiger charge is 2.18. The smallest absolute Gasteiger partial charge is 0.275 e. The number of nitrogens with zero attached hydrogens (tertiary/aromatic N) is 4. The van der Waals surface area contributed by atoms with E-state index in [1.807, 2.05) is 24.0 Å². The van der Waals surface area contributed by atoms with Gasteiger partial charge in [0.15, 0.2) is 0 Å². The zero-order valence-electron chi connectivity index (χ0n) is 17.6. The minimum atomic E-state index is -0.547. The van der Waals surface area contributed by atoms with Gasteiger partial charge in [-0.05, 0) is 63.1 Å². The highest BCUT2D eigenvalue weighted by Crippen LogP contribution is 2.32. The fourth-order valence-electron chi connectivity index (χ4n) is 3.19. The van der Waals surface area contributed by atoms with Crippen LogP contribution in [0.3, 0.4) is 0 Å². The van der Waals surface area contributed by atoms with Gasteiger partial charge in [0.1, 0.15) is 0 Å². The van der Waals surface area contributed by atoms with Crippen molar-refractivity contribution in [3.8, 4) is 0 Å². The van der Waals surface area contributed by atoms with Crippen LogP contribution in [0.2, 0.25) is 0 Å². The molecular formula is C21H28N4O5. The lowest BCUT2D eigenvalue weighted by Crippen LogP contribution is -2.36. The Morgan fingerprint density at radius 3 is 2.10 bits per heavy atom. The number of nitro groups is 1. The van der Waals surface area contributed by atoms with E-state index < -0.39 is 23.7 Å². The Labute approximate surface area is 175 Å². The highest BCUT2D eigenvalue weighted by molar-refractivity contribution is 5.60. The first-order valence-corrected chi connectivity index (χ1v) is 9.65. The van der Waals surface area contributed by atoms with Gasteiger partial charge in [0, 0.05) is 24.8 Å². The van der Waals surface area contributed by atoms with Gasteiger partial charge in [-0.25, -0.2) is 0 Å². The van der Waals surface area contributed by atoms with E-state index in [0.717, 1.165) is 11.3 Å². The van der Waals surface area contributed by atoms with Gasteiger partial charge in [-0.2, -0.15) is 10.2 Å². The molecule has 0 saturated carbocycles. The van der Waals surface area contributed by atoms with Gasteiger partial charge in [-0.1, -0.05) is 0 Å². The summed E-state index contributed by atoms with van der Waals surface area (Å²) in [5.41, 5.74) is 3.33. The summed E-state index contributed by atoms with van der Waals surface area (Å²) in [5, 5.41) is 48.5. The fraction of sp³-hybridized carbons (Fsp3) is 0.429. The van der Waals surface area contributed by atoms with E-state index in [1.165, 1.54) is 12.1 Å². The predicted octanol–water partition coefficient (Wildman–Crippen LogP) is 3.69. The third-order valence-electron chi connectivity index (χ3n) is 4.68. The summed E-state index contributed by atoms with van der Waals surface area (Å²) < 4.78 is 0. The molecule has 162 valence electrons. The Balaban J connectivity index is 2.32. The van der Waals surface area contributed by atoms with Crippen LogP contribution in [-0.2, 0) is 6.61 Å². The average molecular weight is 416 g/mol. The van der Waals surface area contributed by atoms with Crippen LogP contribution in [0.4, 0.5) is 22.7 Å². The highest BCUT2D eigenvalue weighted by atomic mass is 16.6. The lowest BCUT2D eigenvalue weighted by molar-refractivity contribution is -0.385. The summed E-state index contributed by atoms with van der Waals surface area (Å²) in [6.07, 6.45) is -1.09. The normalized spacial score (nSPS) is 13.4. The van der Waals surface area contributed by atoms with Gasteiger partial charge >= 0.3 is 0 Å². The number of rotatable bonds is 9. The summed E-state index contributed by atoms with van der Waals surface area (Å²) in [6.45, 7) is 7.24. The molecule has 0 fully saturated rings. The molecule has 0 amide bonds. The lowest BCUT2D eigenvalue weighted by atomic mass is 10.1. The molecule has 0 aliphatic heterocycles. The maximum Gasteiger partial charge on any atom is 0.275 e. The number of nitro benzene ring substituents is 1. The molecule has 9 heteroatoms. The maximum absolute atomic E-state index is 11.1. The quantitative estimate of drug-likeness (QED) is 0.324.